The van der Waals surface area contributed by atoms with Crippen LogP contribution in [-0.4, -0.2) is 47.6 Å². The van der Waals surface area contributed by atoms with Gasteiger partial charge >= 0.3 is 0 Å². The van der Waals surface area contributed by atoms with E-state index in [1.807, 2.05) is 24.3 Å². The smallest absolute Gasteiger partial charge is 0.248 e. The predicted octanol–water partition coefficient (Wildman–Crippen LogP) is 1.51. The number of hydrogen-bond donors (Lipinski definition) is 2. The molecule has 0 radical (unpaired) electrons. The van der Waals surface area contributed by atoms with Crippen molar-refractivity contribution >= 4 is 11.8 Å². The van der Waals surface area contributed by atoms with Crippen LogP contribution in [-0.2, 0) is 19.7 Å². The number of rotatable bonds is 5. The lowest BCUT2D eigenvalue weighted by atomic mass is 9.86. The first kappa shape index (κ1) is 19.4. The van der Waals surface area contributed by atoms with Crippen LogP contribution in [0.15, 0.2) is 24.3 Å². The Hall–Kier alpha value is -1.92. The fraction of sp³-hybridized carbons (Fsp3) is 0.579. The molecule has 3 N–H and O–H groups in total. The summed E-state index contributed by atoms with van der Waals surface area (Å²) in [5.74, 6) is -0.656. The topological polar surface area (TPSA) is 92.9 Å². The summed E-state index contributed by atoms with van der Waals surface area (Å²) in [7, 11) is 0. The number of nitrogens with zero attached hydrogens (tertiary/aromatic N) is 1. The van der Waals surface area contributed by atoms with Crippen molar-refractivity contribution in [2.45, 2.75) is 51.2 Å². The van der Waals surface area contributed by atoms with E-state index in [1.54, 1.807) is 4.90 Å². The molecule has 1 aliphatic heterocycles. The van der Waals surface area contributed by atoms with E-state index in [-0.39, 0.29) is 24.3 Å². The third-order valence-corrected chi connectivity index (χ3v) is 4.53. The second kappa shape index (κ2) is 7.97. The van der Waals surface area contributed by atoms with E-state index < -0.39 is 18.1 Å². The van der Waals surface area contributed by atoms with Crippen molar-refractivity contribution in [2.24, 2.45) is 5.73 Å². The van der Waals surface area contributed by atoms with Crippen molar-refractivity contribution in [1.82, 2.24) is 4.90 Å². The Morgan fingerprint density at radius 1 is 1.32 bits per heavy atom. The van der Waals surface area contributed by atoms with Crippen molar-refractivity contribution in [2.75, 3.05) is 19.7 Å². The molecule has 0 bridgehead atoms. The fourth-order valence-corrected chi connectivity index (χ4v) is 2.84. The molecule has 1 heterocycles. The minimum Gasteiger partial charge on any atom is -0.388 e. The van der Waals surface area contributed by atoms with Crippen molar-refractivity contribution in [3.05, 3.63) is 35.4 Å². The van der Waals surface area contributed by atoms with Crippen LogP contribution in [0.3, 0.4) is 0 Å². The molecule has 1 saturated heterocycles. The maximum Gasteiger partial charge on any atom is 0.248 e. The van der Waals surface area contributed by atoms with E-state index in [4.69, 9.17) is 10.5 Å². The minimum atomic E-state index is -0.743. The van der Waals surface area contributed by atoms with Gasteiger partial charge in [0.1, 0.15) is 0 Å². The van der Waals surface area contributed by atoms with E-state index in [1.165, 1.54) is 5.56 Å². The Kier molecular flexibility index (Phi) is 6.19. The molecule has 6 nitrogen and oxygen atoms in total. The molecule has 2 rings (SSSR count). The summed E-state index contributed by atoms with van der Waals surface area (Å²) in [5, 5.41) is 10.3. The zero-order valence-electron chi connectivity index (χ0n) is 15.2. The second-order valence-corrected chi connectivity index (χ2v) is 7.53. The zero-order valence-corrected chi connectivity index (χ0v) is 15.2. The molecular weight excluding hydrogens is 320 g/mol. The summed E-state index contributed by atoms with van der Waals surface area (Å²) in [6.07, 6.45) is -0.876. The molecule has 0 aromatic heterocycles. The first-order valence-electron chi connectivity index (χ1n) is 8.65. The standard InChI is InChI=1S/C19H28N2O4/c1-19(2,3)14-6-4-13(5-7-14)15(22)8-9-17(23)21-10-11-25-16(12-21)18(20)24/h4-7,15-16,22H,8-12H2,1-3H3,(H2,20,24)/t15-,16+/m1/s1. The number of morpholine rings is 1. The average molecular weight is 348 g/mol. The maximum absolute atomic E-state index is 12.3. The van der Waals surface area contributed by atoms with Crippen LogP contribution in [0, 0.1) is 0 Å². The van der Waals surface area contributed by atoms with E-state index >= 15 is 0 Å². The quantitative estimate of drug-likeness (QED) is 0.843. The van der Waals surface area contributed by atoms with Gasteiger partial charge in [-0.2, -0.15) is 0 Å². The zero-order chi connectivity index (χ0) is 18.6. The minimum absolute atomic E-state index is 0.0623. The van der Waals surface area contributed by atoms with Crippen LogP contribution in [0.1, 0.15) is 50.8 Å². The average Bonchev–Trinajstić information content (AvgIpc) is 2.58. The van der Waals surface area contributed by atoms with E-state index in [2.05, 4.69) is 20.8 Å². The maximum atomic E-state index is 12.3. The molecule has 1 aliphatic rings. The number of amides is 2. The Bertz CT molecular complexity index is 607. The molecule has 6 heteroatoms. The SMILES string of the molecule is CC(C)(C)c1ccc([C@H](O)CCC(=O)N2CCO[C@H](C(N)=O)C2)cc1. The van der Waals surface area contributed by atoms with Gasteiger partial charge in [-0.3, -0.25) is 9.59 Å². The number of carbonyl (C=O) groups is 2. The van der Waals surface area contributed by atoms with Gasteiger partial charge in [0.2, 0.25) is 11.8 Å². The summed E-state index contributed by atoms with van der Waals surface area (Å²) >= 11 is 0. The van der Waals surface area contributed by atoms with Crippen LogP contribution in [0.5, 0.6) is 0 Å². The first-order valence-corrected chi connectivity index (χ1v) is 8.65. The molecular formula is C19H28N2O4. The number of aliphatic hydroxyl groups is 1. The summed E-state index contributed by atoms with van der Waals surface area (Å²) in [6.45, 7) is 7.34. The van der Waals surface area contributed by atoms with Gasteiger partial charge in [-0.1, -0.05) is 45.0 Å². The number of ether oxygens (including phenoxy) is 1. The normalized spacial score (nSPS) is 19.5. The van der Waals surface area contributed by atoms with E-state index in [0.29, 0.717) is 19.6 Å². The monoisotopic (exact) mass is 348 g/mol. The molecule has 1 aromatic rings. The fourth-order valence-electron chi connectivity index (χ4n) is 2.84. The van der Waals surface area contributed by atoms with Gasteiger partial charge in [-0.15, -0.1) is 0 Å². The number of benzene rings is 1. The van der Waals surface area contributed by atoms with Crippen molar-refractivity contribution in [3.63, 3.8) is 0 Å². The van der Waals surface area contributed by atoms with Gasteiger partial charge in [0, 0.05) is 13.0 Å². The Morgan fingerprint density at radius 3 is 2.52 bits per heavy atom. The van der Waals surface area contributed by atoms with Crippen molar-refractivity contribution < 1.29 is 19.4 Å². The van der Waals surface area contributed by atoms with Crippen LogP contribution < -0.4 is 5.73 Å². The highest BCUT2D eigenvalue weighted by Crippen LogP contribution is 2.25. The third kappa shape index (κ3) is 5.28. The molecule has 2 amide bonds. The highest BCUT2D eigenvalue weighted by atomic mass is 16.5. The molecule has 1 aromatic carbocycles. The highest BCUT2D eigenvalue weighted by Gasteiger charge is 2.27. The van der Waals surface area contributed by atoms with Gasteiger partial charge in [0.25, 0.3) is 0 Å². The molecule has 0 aliphatic carbocycles. The Labute approximate surface area is 149 Å². The summed E-state index contributed by atoms with van der Waals surface area (Å²) < 4.78 is 5.24. The van der Waals surface area contributed by atoms with Gasteiger partial charge in [0.05, 0.1) is 19.3 Å². The lowest BCUT2D eigenvalue weighted by Gasteiger charge is -2.31. The molecule has 0 spiro atoms. The van der Waals surface area contributed by atoms with Crippen LogP contribution in [0.25, 0.3) is 0 Å². The van der Waals surface area contributed by atoms with Crippen LogP contribution >= 0.6 is 0 Å². The lowest BCUT2D eigenvalue weighted by Crippen LogP contribution is -2.50. The first-order chi connectivity index (χ1) is 11.7. The summed E-state index contributed by atoms with van der Waals surface area (Å²) in [4.78, 5) is 25.1. The van der Waals surface area contributed by atoms with E-state index in [9.17, 15) is 14.7 Å². The largest absolute Gasteiger partial charge is 0.388 e. The number of hydrogen-bond acceptors (Lipinski definition) is 4. The number of primary amides is 1. The number of carbonyl (C=O) groups excluding carboxylic acids is 2. The van der Waals surface area contributed by atoms with Gasteiger partial charge < -0.3 is 20.5 Å². The summed E-state index contributed by atoms with van der Waals surface area (Å²) in [5.41, 5.74) is 7.29. The number of nitrogens with two attached hydrogens (primary N) is 1. The molecule has 138 valence electrons. The predicted molar refractivity (Wildman–Crippen MR) is 94.9 cm³/mol. The molecule has 1 fully saturated rings. The molecule has 0 saturated carbocycles. The lowest BCUT2D eigenvalue weighted by molar-refractivity contribution is -0.145. The van der Waals surface area contributed by atoms with E-state index in [0.717, 1.165) is 5.56 Å². The second-order valence-electron chi connectivity index (χ2n) is 7.53. The molecule has 2 atom stereocenters. The Morgan fingerprint density at radius 2 is 1.96 bits per heavy atom. The van der Waals surface area contributed by atoms with Gasteiger partial charge in [-0.25, -0.2) is 0 Å². The van der Waals surface area contributed by atoms with Gasteiger partial charge in [-0.05, 0) is 23.0 Å². The summed E-state index contributed by atoms with van der Waals surface area (Å²) in [6, 6.07) is 7.85. The van der Waals surface area contributed by atoms with Crippen molar-refractivity contribution in [3.8, 4) is 0 Å². The highest BCUT2D eigenvalue weighted by molar-refractivity contribution is 5.81. The van der Waals surface area contributed by atoms with Crippen LogP contribution in [0.4, 0.5) is 0 Å². The van der Waals surface area contributed by atoms with Crippen molar-refractivity contribution in [1.29, 1.82) is 0 Å². The number of aliphatic hydroxyl groups excluding tert-OH is 1. The van der Waals surface area contributed by atoms with Gasteiger partial charge in [0.15, 0.2) is 6.10 Å². The molecule has 0 unspecified atom stereocenters. The third-order valence-electron chi connectivity index (χ3n) is 4.53. The Balaban J connectivity index is 1.87. The van der Waals surface area contributed by atoms with Crippen LogP contribution in [0.2, 0.25) is 0 Å². The molecule has 25 heavy (non-hydrogen) atoms.